The molecule has 1 rings (SSSR count). The molecule has 0 saturated carbocycles. The molecule has 0 atom stereocenters. The molecule has 1 amide bonds. The predicted octanol–water partition coefficient (Wildman–Crippen LogP) is 1.59. The third kappa shape index (κ3) is 5.78. The molecule has 0 radical (unpaired) electrons. The summed E-state index contributed by atoms with van der Waals surface area (Å²) in [6.07, 6.45) is 3.44. The van der Waals surface area contributed by atoms with Crippen molar-refractivity contribution >= 4 is 23.6 Å². The van der Waals surface area contributed by atoms with Gasteiger partial charge in [0.1, 0.15) is 5.69 Å². The van der Waals surface area contributed by atoms with Crippen LogP contribution in [-0.4, -0.2) is 40.7 Å². The lowest BCUT2D eigenvalue weighted by Gasteiger charge is -2.02. The van der Waals surface area contributed by atoms with Crippen LogP contribution < -0.4 is 5.32 Å². The molecule has 19 heavy (non-hydrogen) atoms. The first kappa shape index (κ1) is 15.6. The minimum atomic E-state index is -0.436. The molecule has 0 spiro atoms. The van der Waals surface area contributed by atoms with Crippen molar-refractivity contribution in [3.8, 4) is 0 Å². The maximum Gasteiger partial charge on any atom is 0.356 e. The Morgan fingerprint density at radius 2 is 2.26 bits per heavy atom. The Labute approximate surface area is 116 Å². The number of amides is 1. The number of carbonyl (C=O) groups excluding carboxylic acids is 2. The molecule has 0 aliphatic heterocycles. The molecule has 0 bridgehead atoms. The lowest BCUT2D eigenvalue weighted by molar-refractivity contribution is -0.118. The molecule has 0 aliphatic carbocycles. The number of nitrogens with one attached hydrogen (secondary N) is 2. The van der Waals surface area contributed by atoms with E-state index >= 15 is 0 Å². The van der Waals surface area contributed by atoms with Gasteiger partial charge in [-0.15, -0.1) is 0 Å². The minimum absolute atomic E-state index is 0.0347. The van der Waals surface area contributed by atoms with Crippen LogP contribution in [0.5, 0.6) is 0 Å². The monoisotopic (exact) mass is 285 g/mol. The molecular weight excluding hydrogens is 266 g/mol. The normalized spacial score (nSPS) is 10.2. The number of rotatable bonds is 8. The van der Waals surface area contributed by atoms with Gasteiger partial charge in [-0.2, -0.15) is 0 Å². The van der Waals surface area contributed by atoms with E-state index in [4.69, 9.17) is 4.74 Å². The average Bonchev–Trinajstić information content (AvgIpc) is 2.86. The summed E-state index contributed by atoms with van der Waals surface area (Å²) in [6, 6.07) is 0. The highest BCUT2D eigenvalue weighted by Gasteiger charge is 2.11. The standard InChI is InChI=1S/C12H19N3O3S/c1-3-5-6-13-10(16)8-19-12-14-7-9(15-12)11(17)18-4-2/h7H,3-6,8H2,1-2H3,(H,13,16)(H,14,15). The van der Waals surface area contributed by atoms with E-state index in [1.807, 2.05) is 0 Å². The van der Waals surface area contributed by atoms with Gasteiger partial charge in [-0.25, -0.2) is 9.78 Å². The van der Waals surface area contributed by atoms with Crippen LogP contribution in [0.15, 0.2) is 11.4 Å². The number of aromatic amines is 1. The Morgan fingerprint density at radius 1 is 1.47 bits per heavy atom. The highest BCUT2D eigenvalue weighted by molar-refractivity contribution is 7.99. The molecule has 0 saturated heterocycles. The van der Waals surface area contributed by atoms with E-state index in [-0.39, 0.29) is 11.7 Å². The molecule has 7 heteroatoms. The smallest absolute Gasteiger partial charge is 0.356 e. The fourth-order valence-electron chi connectivity index (χ4n) is 1.28. The quantitative estimate of drug-likeness (QED) is 0.430. The van der Waals surface area contributed by atoms with Gasteiger partial charge in [0.25, 0.3) is 0 Å². The second-order valence-electron chi connectivity index (χ2n) is 3.81. The Hall–Kier alpha value is -1.50. The van der Waals surface area contributed by atoms with Crippen molar-refractivity contribution in [1.29, 1.82) is 0 Å². The zero-order valence-corrected chi connectivity index (χ0v) is 12.0. The number of esters is 1. The summed E-state index contributed by atoms with van der Waals surface area (Å²) in [6.45, 7) is 4.83. The summed E-state index contributed by atoms with van der Waals surface area (Å²) in [5.74, 6) is -0.193. The van der Waals surface area contributed by atoms with Crippen LogP contribution >= 0.6 is 11.8 Å². The van der Waals surface area contributed by atoms with Crippen LogP contribution in [0.4, 0.5) is 0 Å². The number of hydrogen-bond acceptors (Lipinski definition) is 5. The fourth-order valence-corrected chi connectivity index (χ4v) is 1.96. The van der Waals surface area contributed by atoms with Gasteiger partial charge in [-0.3, -0.25) is 4.79 Å². The van der Waals surface area contributed by atoms with Crippen LogP contribution in [-0.2, 0) is 9.53 Å². The van der Waals surface area contributed by atoms with E-state index in [2.05, 4.69) is 22.2 Å². The number of carbonyl (C=O) groups is 2. The number of thioether (sulfide) groups is 1. The molecule has 0 unspecified atom stereocenters. The van der Waals surface area contributed by atoms with Gasteiger partial charge in [0.15, 0.2) is 5.16 Å². The first-order valence-electron chi connectivity index (χ1n) is 6.29. The highest BCUT2D eigenvalue weighted by Crippen LogP contribution is 2.13. The largest absolute Gasteiger partial charge is 0.461 e. The van der Waals surface area contributed by atoms with Gasteiger partial charge in [0, 0.05) is 6.54 Å². The minimum Gasteiger partial charge on any atom is -0.461 e. The zero-order valence-electron chi connectivity index (χ0n) is 11.2. The van der Waals surface area contributed by atoms with Crippen molar-refractivity contribution in [2.24, 2.45) is 0 Å². The molecular formula is C12H19N3O3S. The van der Waals surface area contributed by atoms with E-state index in [0.717, 1.165) is 12.8 Å². The van der Waals surface area contributed by atoms with E-state index in [9.17, 15) is 9.59 Å². The van der Waals surface area contributed by atoms with E-state index in [1.165, 1.54) is 18.0 Å². The first-order valence-corrected chi connectivity index (χ1v) is 7.27. The van der Waals surface area contributed by atoms with Crippen molar-refractivity contribution in [1.82, 2.24) is 15.3 Å². The molecule has 1 heterocycles. The summed E-state index contributed by atoms with van der Waals surface area (Å²) in [5, 5.41) is 3.35. The van der Waals surface area contributed by atoms with Gasteiger partial charge < -0.3 is 15.0 Å². The lowest BCUT2D eigenvalue weighted by atomic mass is 10.3. The van der Waals surface area contributed by atoms with E-state index in [1.54, 1.807) is 6.92 Å². The summed E-state index contributed by atoms with van der Waals surface area (Å²) in [5.41, 5.74) is 0.302. The van der Waals surface area contributed by atoms with Crippen LogP contribution in [0.3, 0.4) is 0 Å². The molecule has 1 aromatic heterocycles. The summed E-state index contributed by atoms with van der Waals surface area (Å²) in [7, 11) is 0. The maximum atomic E-state index is 11.5. The molecule has 0 aromatic carbocycles. The van der Waals surface area contributed by atoms with Crippen molar-refractivity contribution in [2.75, 3.05) is 18.9 Å². The van der Waals surface area contributed by atoms with Gasteiger partial charge in [0.05, 0.1) is 18.6 Å². The van der Waals surface area contributed by atoms with Crippen LogP contribution in [0.1, 0.15) is 37.2 Å². The highest BCUT2D eigenvalue weighted by atomic mass is 32.2. The van der Waals surface area contributed by atoms with Crippen LogP contribution in [0, 0.1) is 0 Å². The number of H-pyrrole nitrogens is 1. The van der Waals surface area contributed by atoms with Crippen LogP contribution in [0.2, 0.25) is 0 Å². The van der Waals surface area contributed by atoms with Gasteiger partial charge in [-0.1, -0.05) is 25.1 Å². The van der Waals surface area contributed by atoms with Gasteiger partial charge >= 0.3 is 5.97 Å². The van der Waals surface area contributed by atoms with Gasteiger partial charge in [-0.05, 0) is 13.3 Å². The average molecular weight is 285 g/mol. The molecule has 1 aromatic rings. The van der Waals surface area contributed by atoms with E-state index < -0.39 is 5.97 Å². The Morgan fingerprint density at radius 3 is 2.95 bits per heavy atom. The fraction of sp³-hybridized carbons (Fsp3) is 0.583. The Kier molecular flexibility index (Phi) is 7.02. The third-order valence-corrected chi connectivity index (χ3v) is 3.13. The topological polar surface area (TPSA) is 84.1 Å². The van der Waals surface area contributed by atoms with Crippen molar-refractivity contribution in [3.05, 3.63) is 11.9 Å². The van der Waals surface area contributed by atoms with Crippen molar-refractivity contribution < 1.29 is 14.3 Å². The first-order chi connectivity index (χ1) is 9.17. The van der Waals surface area contributed by atoms with Crippen molar-refractivity contribution in [2.45, 2.75) is 31.8 Å². The summed E-state index contributed by atoms with van der Waals surface area (Å²) >= 11 is 1.26. The number of unbranched alkanes of at least 4 members (excludes halogenated alkanes) is 1. The van der Waals surface area contributed by atoms with Gasteiger partial charge in [0.2, 0.25) is 5.91 Å². The van der Waals surface area contributed by atoms with E-state index in [0.29, 0.717) is 24.0 Å². The number of aromatic nitrogens is 2. The number of imidazole rings is 1. The molecule has 0 fully saturated rings. The Balaban J connectivity index is 2.33. The SMILES string of the molecule is CCCCNC(=O)CSc1ncc(C(=O)OCC)[nH]1. The lowest BCUT2D eigenvalue weighted by Crippen LogP contribution is -2.26. The second kappa shape index (κ2) is 8.58. The molecule has 0 aliphatic rings. The summed E-state index contributed by atoms with van der Waals surface area (Å²) < 4.78 is 4.83. The maximum absolute atomic E-state index is 11.5. The molecule has 6 nitrogen and oxygen atoms in total. The number of nitrogens with zero attached hydrogens (tertiary/aromatic N) is 1. The van der Waals surface area contributed by atoms with Crippen molar-refractivity contribution in [3.63, 3.8) is 0 Å². The Bertz CT molecular complexity index is 420. The molecule has 2 N–H and O–H groups in total. The van der Waals surface area contributed by atoms with Crippen LogP contribution in [0.25, 0.3) is 0 Å². The third-order valence-electron chi connectivity index (χ3n) is 2.24. The number of hydrogen-bond donors (Lipinski definition) is 2. The number of ether oxygens (including phenoxy) is 1. The summed E-state index contributed by atoms with van der Waals surface area (Å²) in [4.78, 5) is 29.7. The second-order valence-corrected chi connectivity index (χ2v) is 4.78. The predicted molar refractivity (Wildman–Crippen MR) is 73.2 cm³/mol. The molecule has 106 valence electrons. The zero-order chi connectivity index (χ0) is 14.1.